The first-order chi connectivity index (χ1) is 7.40. The van der Waals surface area contributed by atoms with Crippen LogP contribution in [0.4, 0.5) is 0 Å². The van der Waals surface area contributed by atoms with Gasteiger partial charge in [-0.15, -0.1) is 0 Å². The van der Waals surface area contributed by atoms with E-state index in [1.807, 2.05) is 6.20 Å². The van der Waals surface area contributed by atoms with Gasteiger partial charge in [0.15, 0.2) is 0 Å². The van der Waals surface area contributed by atoms with Crippen molar-refractivity contribution in [2.75, 3.05) is 6.61 Å². The monoisotopic (exact) mass is 208 g/mol. The minimum atomic E-state index is 0.526. The van der Waals surface area contributed by atoms with Crippen molar-refractivity contribution >= 4 is 0 Å². The zero-order valence-electron chi connectivity index (χ0n) is 9.48. The lowest BCUT2D eigenvalue weighted by molar-refractivity contribution is 0.101. The molecule has 2 rings (SSSR count). The van der Waals surface area contributed by atoms with Crippen molar-refractivity contribution < 1.29 is 4.74 Å². The minimum absolute atomic E-state index is 0.526. The Morgan fingerprint density at radius 1 is 1.60 bits per heavy atom. The van der Waals surface area contributed by atoms with E-state index in [1.165, 1.54) is 31.5 Å². The maximum atomic E-state index is 5.60. The van der Waals surface area contributed by atoms with Crippen LogP contribution >= 0.6 is 0 Å². The molecule has 0 N–H and O–H groups in total. The van der Waals surface area contributed by atoms with Crippen LogP contribution in [0.3, 0.4) is 0 Å². The number of aromatic nitrogens is 2. The van der Waals surface area contributed by atoms with Crippen LogP contribution in [0.1, 0.15) is 38.4 Å². The second-order valence-corrected chi connectivity index (χ2v) is 4.17. The molecular weight excluding hydrogens is 188 g/mol. The zero-order chi connectivity index (χ0) is 10.5. The number of nitrogens with zero attached hydrogens (tertiary/aromatic N) is 2. The Hall–Kier alpha value is -0.830. The summed E-state index contributed by atoms with van der Waals surface area (Å²) in [7, 11) is 0. The fraction of sp³-hybridized carbons (Fsp3) is 0.750. The van der Waals surface area contributed by atoms with Gasteiger partial charge < -0.3 is 9.30 Å². The molecule has 1 aliphatic rings. The van der Waals surface area contributed by atoms with Gasteiger partial charge in [0.2, 0.25) is 0 Å². The highest BCUT2D eigenvalue weighted by molar-refractivity contribution is 4.91. The molecule has 1 aromatic heterocycles. The summed E-state index contributed by atoms with van der Waals surface area (Å²) in [4.78, 5) is 4.32. The summed E-state index contributed by atoms with van der Waals surface area (Å²) in [5.41, 5.74) is 0. The summed E-state index contributed by atoms with van der Waals surface area (Å²) in [6.45, 7) is 4.21. The number of hydrogen-bond acceptors (Lipinski definition) is 2. The van der Waals surface area contributed by atoms with Crippen molar-refractivity contribution in [1.29, 1.82) is 0 Å². The van der Waals surface area contributed by atoms with Crippen LogP contribution in [-0.4, -0.2) is 22.3 Å². The van der Waals surface area contributed by atoms with Crippen molar-refractivity contribution in [1.82, 2.24) is 9.55 Å². The molecule has 0 amide bonds. The highest BCUT2D eigenvalue weighted by atomic mass is 16.5. The van der Waals surface area contributed by atoms with Gasteiger partial charge >= 0.3 is 0 Å². The molecule has 0 spiro atoms. The Morgan fingerprint density at radius 2 is 2.53 bits per heavy atom. The lowest BCUT2D eigenvalue weighted by Crippen LogP contribution is -2.08. The van der Waals surface area contributed by atoms with Crippen LogP contribution in [0.15, 0.2) is 12.4 Å². The molecule has 2 heterocycles. The topological polar surface area (TPSA) is 27.1 Å². The lowest BCUT2D eigenvalue weighted by Gasteiger charge is -2.10. The number of ether oxygens (including phenoxy) is 1. The first-order valence-electron chi connectivity index (χ1n) is 6.01. The minimum Gasteiger partial charge on any atom is -0.378 e. The summed E-state index contributed by atoms with van der Waals surface area (Å²) in [6.07, 6.45) is 10.4. The molecule has 84 valence electrons. The van der Waals surface area contributed by atoms with E-state index in [0.717, 1.165) is 19.6 Å². The SMILES string of the molecule is CCc1nccn1CCCC1CCCO1. The van der Waals surface area contributed by atoms with E-state index < -0.39 is 0 Å². The molecule has 0 radical (unpaired) electrons. The Balaban J connectivity index is 1.73. The van der Waals surface area contributed by atoms with Gasteiger partial charge in [0.1, 0.15) is 5.82 Å². The van der Waals surface area contributed by atoms with Crippen molar-refractivity contribution in [2.45, 2.75) is 51.7 Å². The fourth-order valence-corrected chi connectivity index (χ4v) is 2.22. The van der Waals surface area contributed by atoms with Gasteiger partial charge in [-0.1, -0.05) is 6.92 Å². The van der Waals surface area contributed by atoms with Crippen LogP contribution < -0.4 is 0 Å². The summed E-state index contributed by atoms with van der Waals surface area (Å²) >= 11 is 0. The third-order valence-corrected chi connectivity index (χ3v) is 3.07. The molecule has 0 aliphatic carbocycles. The van der Waals surface area contributed by atoms with Gasteiger partial charge in [0.25, 0.3) is 0 Å². The Kier molecular flexibility index (Phi) is 3.78. The van der Waals surface area contributed by atoms with Crippen LogP contribution in [0, 0.1) is 0 Å². The van der Waals surface area contributed by atoms with Crippen LogP contribution in [0.25, 0.3) is 0 Å². The lowest BCUT2D eigenvalue weighted by atomic mass is 10.1. The van der Waals surface area contributed by atoms with Crippen molar-refractivity contribution in [3.8, 4) is 0 Å². The molecule has 3 heteroatoms. The number of hydrogen-bond donors (Lipinski definition) is 0. The molecule has 0 aromatic carbocycles. The molecule has 0 bridgehead atoms. The molecule has 1 atom stereocenters. The second-order valence-electron chi connectivity index (χ2n) is 4.17. The first kappa shape index (κ1) is 10.7. The second kappa shape index (κ2) is 5.31. The smallest absolute Gasteiger partial charge is 0.108 e. The normalized spacial score (nSPS) is 21.0. The van der Waals surface area contributed by atoms with E-state index in [-0.39, 0.29) is 0 Å². The molecule has 1 aliphatic heterocycles. The van der Waals surface area contributed by atoms with Crippen LogP contribution in [0.2, 0.25) is 0 Å². The zero-order valence-corrected chi connectivity index (χ0v) is 9.48. The van der Waals surface area contributed by atoms with Crippen molar-refractivity contribution in [3.05, 3.63) is 18.2 Å². The molecule has 15 heavy (non-hydrogen) atoms. The largest absolute Gasteiger partial charge is 0.378 e. The molecule has 1 fully saturated rings. The molecular formula is C12H20N2O. The number of aryl methyl sites for hydroxylation is 2. The highest BCUT2D eigenvalue weighted by Gasteiger charge is 2.14. The van der Waals surface area contributed by atoms with Crippen molar-refractivity contribution in [3.63, 3.8) is 0 Å². The molecule has 0 saturated carbocycles. The molecule has 1 saturated heterocycles. The number of rotatable bonds is 5. The van der Waals surface area contributed by atoms with Crippen LogP contribution in [0.5, 0.6) is 0 Å². The maximum Gasteiger partial charge on any atom is 0.108 e. The van der Waals surface area contributed by atoms with Crippen molar-refractivity contribution in [2.24, 2.45) is 0 Å². The predicted octanol–water partition coefficient (Wildman–Crippen LogP) is 2.40. The summed E-state index contributed by atoms with van der Waals surface area (Å²) in [5.74, 6) is 1.20. The van der Waals surface area contributed by atoms with E-state index >= 15 is 0 Å². The molecule has 1 aromatic rings. The Bertz CT molecular complexity index is 290. The third kappa shape index (κ3) is 2.81. The Labute approximate surface area is 91.5 Å². The third-order valence-electron chi connectivity index (χ3n) is 3.07. The van der Waals surface area contributed by atoms with Gasteiger partial charge in [0.05, 0.1) is 6.10 Å². The fourth-order valence-electron chi connectivity index (χ4n) is 2.22. The van der Waals surface area contributed by atoms with E-state index in [0.29, 0.717) is 6.10 Å². The maximum absolute atomic E-state index is 5.60. The van der Waals surface area contributed by atoms with Crippen LogP contribution in [-0.2, 0) is 17.7 Å². The van der Waals surface area contributed by atoms with Gasteiger partial charge in [-0.2, -0.15) is 0 Å². The average molecular weight is 208 g/mol. The average Bonchev–Trinajstić information content (AvgIpc) is 2.88. The van der Waals surface area contributed by atoms with Gasteiger partial charge in [-0.25, -0.2) is 4.98 Å². The molecule has 1 unspecified atom stereocenters. The summed E-state index contributed by atoms with van der Waals surface area (Å²) in [5, 5.41) is 0. The molecule has 3 nitrogen and oxygen atoms in total. The van der Waals surface area contributed by atoms with Gasteiger partial charge in [-0.3, -0.25) is 0 Å². The van der Waals surface area contributed by atoms with Gasteiger partial charge in [-0.05, 0) is 25.7 Å². The Morgan fingerprint density at radius 3 is 3.27 bits per heavy atom. The van der Waals surface area contributed by atoms with E-state index in [1.54, 1.807) is 0 Å². The van der Waals surface area contributed by atoms with E-state index in [9.17, 15) is 0 Å². The van der Waals surface area contributed by atoms with Gasteiger partial charge in [0, 0.05) is 32.0 Å². The predicted molar refractivity (Wildman–Crippen MR) is 59.8 cm³/mol. The van der Waals surface area contributed by atoms with E-state index in [4.69, 9.17) is 4.74 Å². The summed E-state index contributed by atoms with van der Waals surface area (Å²) < 4.78 is 7.86. The highest BCUT2D eigenvalue weighted by Crippen LogP contribution is 2.17. The quantitative estimate of drug-likeness (QED) is 0.743. The van der Waals surface area contributed by atoms with E-state index in [2.05, 4.69) is 22.7 Å². The standard InChI is InChI=1S/C12H20N2O/c1-2-12-13-7-9-14(12)8-3-5-11-6-4-10-15-11/h7,9,11H,2-6,8,10H2,1H3. The summed E-state index contributed by atoms with van der Waals surface area (Å²) in [6, 6.07) is 0. The number of imidazole rings is 1. The first-order valence-corrected chi connectivity index (χ1v) is 6.01.